The number of ether oxygens (including phenoxy) is 1. The van der Waals surface area contributed by atoms with Gasteiger partial charge in [0.2, 0.25) is 0 Å². The lowest BCUT2D eigenvalue weighted by Crippen LogP contribution is -1.97. The maximum Gasteiger partial charge on any atom is 0.151 e. The van der Waals surface area contributed by atoms with E-state index < -0.39 is 0 Å². The van der Waals surface area contributed by atoms with Crippen LogP contribution >= 0.6 is 11.6 Å². The van der Waals surface area contributed by atoms with Crippen molar-refractivity contribution in [2.75, 3.05) is 6.61 Å². The molecule has 1 aromatic carbocycles. The van der Waals surface area contributed by atoms with Crippen molar-refractivity contribution in [1.29, 1.82) is 0 Å². The lowest BCUT2D eigenvalue weighted by Gasteiger charge is -2.06. The largest absolute Gasteiger partial charge is 0.493 e. The van der Waals surface area contributed by atoms with Crippen LogP contribution in [0.15, 0.2) is 30.4 Å². The molecule has 0 amide bonds. The quantitative estimate of drug-likeness (QED) is 0.565. The molecule has 0 heterocycles. The minimum absolute atomic E-state index is 0.415. The number of carbonyl (C=O) groups excluding carboxylic acids is 1. The second kappa shape index (κ2) is 5.56. The first kappa shape index (κ1) is 11.8. The summed E-state index contributed by atoms with van der Waals surface area (Å²) >= 11 is 5.84. The van der Waals surface area contributed by atoms with Crippen LogP contribution in [-0.4, -0.2) is 12.9 Å². The van der Waals surface area contributed by atoms with Gasteiger partial charge in [-0.25, -0.2) is 0 Å². The van der Waals surface area contributed by atoms with E-state index in [1.165, 1.54) is 0 Å². The highest BCUT2D eigenvalue weighted by Gasteiger charge is 2.01. The average Bonchev–Trinajstić information content (AvgIpc) is 2.17. The molecule has 0 spiro atoms. The van der Waals surface area contributed by atoms with Gasteiger partial charge in [-0.15, -0.1) is 6.58 Å². The number of halogens is 1. The van der Waals surface area contributed by atoms with Crippen molar-refractivity contribution in [2.45, 2.75) is 13.3 Å². The van der Waals surface area contributed by atoms with Gasteiger partial charge < -0.3 is 4.74 Å². The van der Waals surface area contributed by atoms with E-state index in [1.807, 2.05) is 6.92 Å². The molecule has 1 aromatic rings. The van der Waals surface area contributed by atoms with Crippen molar-refractivity contribution in [3.05, 3.63) is 40.9 Å². The molecule has 0 saturated heterocycles. The van der Waals surface area contributed by atoms with Crippen LogP contribution in [0.25, 0.3) is 0 Å². The van der Waals surface area contributed by atoms with Crippen molar-refractivity contribution >= 4 is 17.9 Å². The summed E-state index contributed by atoms with van der Waals surface area (Å²) in [5, 5.41) is 0.415. The molecule has 2 nitrogen and oxygen atoms in total. The number of hydrogen-bond acceptors (Lipinski definition) is 2. The number of carbonyl (C=O) groups is 1. The van der Waals surface area contributed by atoms with Crippen LogP contribution in [0.1, 0.15) is 23.7 Å². The Kier molecular flexibility index (Phi) is 4.37. The highest BCUT2D eigenvalue weighted by Crippen LogP contribution is 2.21. The van der Waals surface area contributed by atoms with Crippen molar-refractivity contribution < 1.29 is 9.53 Å². The molecular weight excluding hydrogens is 212 g/mol. The van der Waals surface area contributed by atoms with Crippen molar-refractivity contribution in [1.82, 2.24) is 0 Å². The SMILES string of the molecule is C=C(C)CCOc1ccc(C=O)c(Cl)c1. The zero-order chi connectivity index (χ0) is 11.3. The monoisotopic (exact) mass is 224 g/mol. The predicted octanol–water partition coefficient (Wildman–Crippen LogP) is 3.50. The fourth-order valence-corrected chi connectivity index (χ4v) is 1.25. The third kappa shape index (κ3) is 3.76. The second-order valence-electron chi connectivity index (χ2n) is 3.36. The Bertz CT molecular complexity index is 372. The van der Waals surface area contributed by atoms with Crippen LogP contribution in [0, 0.1) is 0 Å². The summed E-state index contributed by atoms with van der Waals surface area (Å²) in [4.78, 5) is 10.5. The molecule has 0 unspecified atom stereocenters. The first-order valence-electron chi connectivity index (χ1n) is 4.65. The Morgan fingerprint density at radius 2 is 2.33 bits per heavy atom. The van der Waals surface area contributed by atoms with Crippen LogP contribution < -0.4 is 4.74 Å². The van der Waals surface area contributed by atoms with E-state index in [1.54, 1.807) is 18.2 Å². The summed E-state index contributed by atoms with van der Waals surface area (Å²) in [5.74, 6) is 0.673. The van der Waals surface area contributed by atoms with Crippen LogP contribution in [0.2, 0.25) is 5.02 Å². The molecule has 0 aliphatic rings. The highest BCUT2D eigenvalue weighted by molar-refractivity contribution is 6.33. The molecule has 0 saturated carbocycles. The molecule has 0 radical (unpaired) electrons. The summed E-state index contributed by atoms with van der Waals surface area (Å²) in [6.07, 6.45) is 1.53. The number of aldehydes is 1. The molecule has 0 N–H and O–H groups in total. The Balaban J connectivity index is 2.59. The fourth-order valence-electron chi connectivity index (χ4n) is 1.04. The Morgan fingerprint density at radius 3 is 2.87 bits per heavy atom. The van der Waals surface area contributed by atoms with Crippen LogP contribution in [0.4, 0.5) is 0 Å². The van der Waals surface area contributed by atoms with E-state index in [2.05, 4.69) is 6.58 Å². The Hall–Kier alpha value is -1.28. The fraction of sp³-hybridized carbons (Fsp3) is 0.250. The Morgan fingerprint density at radius 1 is 1.60 bits per heavy atom. The van der Waals surface area contributed by atoms with Gasteiger partial charge in [0.05, 0.1) is 11.6 Å². The molecule has 3 heteroatoms. The summed E-state index contributed by atoms with van der Waals surface area (Å²) in [6, 6.07) is 5.02. The molecule has 0 aliphatic heterocycles. The maximum absolute atomic E-state index is 10.5. The van der Waals surface area contributed by atoms with Gasteiger partial charge in [0.1, 0.15) is 5.75 Å². The first-order chi connectivity index (χ1) is 7.13. The molecule has 0 aromatic heterocycles. The minimum Gasteiger partial charge on any atom is -0.493 e. The third-order valence-electron chi connectivity index (χ3n) is 1.90. The smallest absolute Gasteiger partial charge is 0.151 e. The molecule has 15 heavy (non-hydrogen) atoms. The lowest BCUT2D eigenvalue weighted by atomic mass is 10.2. The van der Waals surface area contributed by atoms with E-state index in [9.17, 15) is 4.79 Å². The number of benzene rings is 1. The molecule has 0 bridgehead atoms. The van der Waals surface area contributed by atoms with E-state index in [0.717, 1.165) is 18.3 Å². The van der Waals surface area contributed by atoms with Gasteiger partial charge in [-0.05, 0) is 25.1 Å². The molecule has 0 atom stereocenters. The van der Waals surface area contributed by atoms with Gasteiger partial charge in [-0.2, -0.15) is 0 Å². The maximum atomic E-state index is 10.5. The predicted molar refractivity (Wildman–Crippen MR) is 61.8 cm³/mol. The van der Waals surface area contributed by atoms with Gasteiger partial charge in [-0.3, -0.25) is 4.79 Å². The molecule has 80 valence electrons. The molecule has 0 fully saturated rings. The summed E-state index contributed by atoms with van der Waals surface area (Å²) in [7, 11) is 0. The Labute approximate surface area is 94.5 Å². The van der Waals surface area contributed by atoms with Crippen LogP contribution in [-0.2, 0) is 0 Å². The number of rotatable bonds is 5. The number of hydrogen-bond donors (Lipinski definition) is 0. The topological polar surface area (TPSA) is 26.3 Å². The summed E-state index contributed by atoms with van der Waals surface area (Å²) in [6.45, 7) is 6.30. The van der Waals surface area contributed by atoms with Crippen molar-refractivity contribution in [3.8, 4) is 5.75 Å². The molecular formula is C12H13ClO2. The summed E-state index contributed by atoms with van der Waals surface area (Å²) < 4.78 is 5.44. The van der Waals surface area contributed by atoms with E-state index in [-0.39, 0.29) is 0 Å². The van der Waals surface area contributed by atoms with Gasteiger partial charge in [0.25, 0.3) is 0 Å². The van der Waals surface area contributed by atoms with E-state index in [0.29, 0.717) is 22.9 Å². The van der Waals surface area contributed by atoms with Gasteiger partial charge in [-0.1, -0.05) is 17.2 Å². The highest BCUT2D eigenvalue weighted by atomic mass is 35.5. The van der Waals surface area contributed by atoms with Gasteiger partial charge >= 0.3 is 0 Å². The van der Waals surface area contributed by atoms with Crippen LogP contribution in [0.5, 0.6) is 5.75 Å². The average molecular weight is 225 g/mol. The van der Waals surface area contributed by atoms with E-state index >= 15 is 0 Å². The zero-order valence-electron chi connectivity index (χ0n) is 8.63. The first-order valence-corrected chi connectivity index (χ1v) is 5.03. The second-order valence-corrected chi connectivity index (χ2v) is 3.76. The zero-order valence-corrected chi connectivity index (χ0v) is 9.38. The molecule has 1 rings (SSSR count). The van der Waals surface area contributed by atoms with Crippen molar-refractivity contribution in [2.24, 2.45) is 0 Å². The normalized spacial score (nSPS) is 9.73. The van der Waals surface area contributed by atoms with Gasteiger partial charge in [0, 0.05) is 12.0 Å². The third-order valence-corrected chi connectivity index (χ3v) is 2.22. The standard InChI is InChI=1S/C12H13ClO2/c1-9(2)5-6-15-11-4-3-10(8-14)12(13)7-11/h3-4,7-8H,1,5-6H2,2H3. The minimum atomic E-state index is 0.415. The van der Waals surface area contributed by atoms with E-state index in [4.69, 9.17) is 16.3 Å². The lowest BCUT2D eigenvalue weighted by molar-refractivity contribution is 0.112. The van der Waals surface area contributed by atoms with Crippen LogP contribution in [0.3, 0.4) is 0 Å². The summed E-state index contributed by atoms with van der Waals surface area (Å²) in [5.41, 5.74) is 1.55. The van der Waals surface area contributed by atoms with Gasteiger partial charge in [0.15, 0.2) is 6.29 Å². The van der Waals surface area contributed by atoms with Crippen molar-refractivity contribution in [3.63, 3.8) is 0 Å². The molecule has 0 aliphatic carbocycles.